The molecule has 0 fully saturated rings. The van der Waals surface area contributed by atoms with Gasteiger partial charge >= 0.3 is 0 Å². The van der Waals surface area contributed by atoms with Gasteiger partial charge in [-0.25, -0.2) is 4.98 Å². The monoisotopic (exact) mass is 237 g/mol. The molecule has 6 heteroatoms. The van der Waals surface area contributed by atoms with E-state index >= 15 is 0 Å². The SMILES string of the molecule is CCCNC(=O)CNc1ccnc(N(C)C)n1. The third kappa shape index (κ3) is 4.67. The highest BCUT2D eigenvalue weighted by Crippen LogP contribution is 2.06. The number of anilines is 2. The smallest absolute Gasteiger partial charge is 0.239 e. The van der Waals surface area contributed by atoms with Gasteiger partial charge in [-0.3, -0.25) is 4.79 Å². The second-order valence-corrected chi connectivity index (χ2v) is 3.84. The summed E-state index contributed by atoms with van der Waals surface area (Å²) >= 11 is 0. The van der Waals surface area contributed by atoms with Crippen molar-refractivity contribution in [3.8, 4) is 0 Å². The molecule has 0 saturated carbocycles. The molecule has 0 radical (unpaired) electrons. The third-order valence-electron chi connectivity index (χ3n) is 2.05. The molecule has 1 aromatic rings. The molecule has 0 aromatic carbocycles. The highest BCUT2D eigenvalue weighted by molar-refractivity contribution is 5.80. The van der Waals surface area contributed by atoms with Crippen LogP contribution in [0.15, 0.2) is 12.3 Å². The van der Waals surface area contributed by atoms with Gasteiger partial charge in [-0.1, -0.05) is 6.92 Å². The molecule has 0 aliphatic heterocycles. The molecular weight excluding hydrogens is 218 g/mol. The molecule has 0 unspecified atom stereocenters. The summed E-state index contributed by atoms with van der Waals surface area (Å²) in [5, 5.41) is 5.74. The first-order valence-corrected chi connectivity index (χ1v) is 5.64. The summed E-state index contributed by atoms with van der Waals surface area (Å²) < 4.78 is 0. The summed E-state index contributed by atoms with van der Waals surface area (Å²) in [5.74, 6) is 1.23. The van der Waals surface area contributed by atoms with Gasteiger partial charge < -0.3 is 15.5 Å². The van der Waals surface area contributed by atoms with Crippen molar-refractivity contribution >= 4 is 17.7 Å². The zero-order valence-electron chi connectivity index (χ0n) is 10.5. The number of rotatable bonds is 6. The van der Waals surface area contributed by atoms with E-state index in [1.807, 2.05) is 25.9 Å². The van der Waals surface area contributed by atoms with Crippen molar-refractivity contribution in [1.82, 2.24) is 15.3 Å². The topological polar surface area (TPSA) is 70.2 Å². The Morgan fingerprint density at radius 3 is 2.88 bits per heavy atom. The number of nitrogens with zero attached hydrogens (tertiary/aromatic N) is 3. The molecule has 2 N–H and O–H groups in total. The second kappa shape index (κ2) is 6.67. The van der Waals surface area contributed by atoms with Gasteiger partial charge in [-0.05, 0) is 12.5 Å². The van der Waals surface area contributed by atoms with Crippen molar-refractivity contribution < 1.29 is 4.79 Å². The van der Waals surface area contributed by atoms with Gasteiger partial charge in [0.15, 0.2) is 0 Å². The van der Waals surface area contributed by atoms with E-state index in [9.17, 15) is 4.79 Å². The minimum absolute atomic E-state index is 0.0307. The van der Waals surface area contributed by atoms with E-state index in [1.165, 1.54) is 0 Å². The van der Waals surface area contributed by atoms with Gasteiger partial charge in [-0.15, -0.1) is 0 Å². The second-order valence-electron chi connectivity index (χ2n) is 3.84. The number of aromatic nitrogens is 2. The molecule has 0 bridgehead atoms. The lowest BCUT2D eigenvalue weighted by molar-refractivity contribution is -0.119. The van der Waals surface area contributed by atoms with Crippen molar-refractivity contribution in [3.05, 3.63) is 12.3 Å². The summed E-state index contributed by atoms with van der Waals surface area (Å²) in [6, 6.07) is 1.74. The molecule has 0 atom stereocenters. The minimum Gasteiger partial charge on any atom is -0.361 e. The van der Waals surface area contributed by atoms with Gasteiger partial charge in [0.05, 0.1) is 6.54 Å². The van der Waals surface area contributed by atoms with E-state index in [0.29, 0.717) is 18.3 Å². The van der Waals surface area contributed by atoms with Gasteiger partial charge in [0.1, 0.15) is 5.82 Å². The molecule has 1 aromatic heterocycles. The molecule has 0 saturated heterocycles. The lowest BCUT2D eigenvalue weighted by Gasteiger charge is -2.11. The van der Waals surface area contributed by atoms with Crippen molar-refractivity contribution in [2.24, 2.45) is 0 Å². The Hall–Kier alpha value is -1.85. The minimum atomic E-state index is -0.0307. The van der Waals surface area contributed by atoms with E-state index in [4.69, 9.17) is 0 Å². The molecule has 0 aliphatic rings. The van der Waals surface area contributed by atoms with Gasteiger partial charge in [0.2, 0.25) is 11.9 Å². The lowest BCUT2D eigenvalue weighted by Crippen LogP contribution is -2.30. The van der Waals surface area contributed by atoms with E-state index in [2.05, 4.69) is 20.6 Å². The van der Waals surface area contributed by atoms with E-state index < -0.39 is 0 Å². The maximum Gasteiger partial charge on any atom is 0.239 e. The molecule has 0 aliphatic carbocycles. The Kier molecular flexibility index (Phi) is 5.19. The summed E-state index contributed by atoms with van der Waals surface area (Å²) in [7, 11) is 3.74. The molecule has 94 valence electrons. The maximum atomic E-state index is 11.4. The van der Waals surface area contributed by atoms with Crippen LogP contribution in [0.3, 0.4) is 0 Å². The van der Waals surface area contributed by atoms with Gasteiger partial charge in [0.25, 0.3) is 0 Å². The number of carbonyl (C=O) groups excluding carboxylic acids is 1. The third-order valence-corrected chi connectivity index (χ3v) is 2.05. The number of carbonyl (C=O) groups is 1. The van der Waals surface area contributed by atoms with Crippen LogP contribution in [0.1, 0.15) is 13.3 Å². The number of hydrogen-bond acceptors (Lipinski definition) is 5. The van der Waals surface area contributed by atoms with Crippen LogP contribution in [0.4, 0.5) is 11.8 Å². The predicted molar refractivity (Wildman–Crippen MR) is 68.1 cm³/mol. The predicted octanol–water partition coefficient (Wildman–Crippen LogP) is 0.481. The molecule has 1 heterocycles. The highest BCUT2D eigenvalue weighted by atomic mass is 16.1. The van der Waals surface area contributed by atoms with Crippen molar-refractivity contribution in [2.45, 2.75) is 13.3 Å². The molecular formula is C11H19N5O. The fraction of sp³-hybridized carbons (Fsp3) is 0.545. The first-order valence-electron chi connectivity index (χ1n) is 5.64. The number of nitrogens with one attached hydrogen (secondary N) is 2. The Morgan fingerprint density at radius 2 is 2.24 bits per heavy atom. The quantitative estimate of drug-likeness (QED) is 0.753. The van der Waals surface area contributed by atoms with Crippen LogP contribution in [0.25, 0.3) is 0 Å². The Bertz CT molecular complexity index is 367. The lowest BCUT2D eigenvalue weighted by atomic mass is 10.4. The standard InChI is InChI=1S/C11H19N5O/c1-4-6-12-10(17)8-14-9-5-7-13-11(15-9)16(2)3/h5,7H,4,6,8H2,1-3H3,(H,12,17)(H,13,14,15). The highest BCUT2D eigenvalue weighted by Gasteiger charge is 2.03. The largest absolute Gasteiger partial charge is 0.361 e. The molecule has 0 spiro atoms. The number of amides is 1. The van der Waals surface area contributed by atoms with Crippen LogP contribution in [0.2, 0.25) is 0 Å². The summed E-state index contributed by atoms with van der Waals surface area (Å²) in [4.78, 5) is 21.5. The van der Waals surface area contributed by atoms with Gasteiger partial charge in [0, 0.05) is 26.8 Å². The van der Waals surface area contributed by atoms with Crippen LogP contribution in [-0.4, -0.2) is 43.1 Å². The normalized spacial score (nSPS) is 9.82. The van der Waals surface area contributed by atoms with Crippen LogP contribution < -0.4 is 15.5 Å². The van der Waals surface area contributed by atoms with E-state index in [1.54, 1.807) is 12.3 Å². The summed E-state index contributed by atoms with van der Waals surface area (Å²) in [5.41, 5.74) is 0. The van der Waals surface area contributed by atoms with E-state index in [-0.39, 0.29) is 12.5 Å². The molecule has 17 heavy (non-hydrogen) atoms. The zero-order valence-corrected chi connectivity index (χ0v) is 10.5. The van der Waals surface area contributed by atoms with Crippen LogP contribution in [0.5, 0.6) is 0 Å². The van der Waals surface area contributed by atoms with Gasteiger partial charge in [-0.2, -0.15) is 4.98 Å². The maximum absolute atomic E-state index is 11.4. The molecule has 6 nitrogen and oxygen atoms in total. The first kappa shape index (κ1) is 13.2. The van der Waals surface area contributed by atoms with E-state index in [0.717, 1.165) is 6.42 Å². The van der Waals surface area contributed by atoms with Crippen molar-refractivity contribution in [2.75, 3.05) is 37.4 Å². The van der Waals surface area contributed by atoms with Crippen molar-refractivity contribution in [1.29, 1.82) is 0 Å². The van der Waals surface area contributed by atoms with Crippen LogP contribution in [-0.2, 0) is 4.79 Å². The fourth-order valence-electron chi connectivity index (χ4n) is 1.16. The average molecular weight is 237 g/mol. The van der Waals surface area contributed by atoms with Crippen LogP contribution >= 0.6 is 0 Å². The Balaban J connectivity index is 2.46. The van der Waals surface area contributed by atoms with Crippen LogP contribution in [0, 0.1) is 0 Å². The first-order chi connectivity index (χ1) is 8.13. The zero-order chi connectivity index (χ0) is 12.7. The summed E-state index contributed by atoms with van der Waals surface area (Å²) in [6.45, 7) is 2.94. The number of hydrogen-bond donors (Lipinski definition) is 2. The van der Waals surface area contributed by atoms with Crippen molar-refractivity contribution in [3.63, 3.8) is 0 Å². The molecule has 1 rings (SSSR count). The Labute approximate surface area is 101 Å². The summed E-state index contributed by atoms with van der Waals surface area (Å²) in [6.07, 6.45) is 2.60. The average Bonchev–Trinajstić information content (AvgIpc) is 2.34. The Morgan fingerprint density at radius 1 is 1.47 bits per heavy atom. The fourth-order valence-corrected chi connectivity index (χ4v) is 1.16. The molecule has 1 amide bonds.